The number of nitrogen functional groups attached to an aromatic ring is 1. The van der Waals surface area contributed by atoms with E-state index >= 15 is 0 Å². The van der Waals surface area contributed by atoms with Crippen molar-refractivity contribution in [3.63, 3.8) is 0 Å². The van der Waals surface area contributed by atoms with Crippen LogP contribution in [-0.2, 0) is 6.61 Å². The van der Waals surface area contributed by atoms with Gasteiger partial charge in [-0.2, -0.15) is 0 Å². The number of anilines is 1. The van der Waals surface area contributed by atoms with Crippen LogP contribution >= 0.6 is 11.3 Å². The Morgan fingerprint density at radius 2 is 2.00 bits per heavy atom. The monoisotopic (exact) mass is 263 g/mol. The molecule has 0 aliphatic carbocycles. The van der Waals surface area contributed by atoms with Gasteiger partial charge in [-0.1, -0.05) is 37.3 Å². The molecule has 1 heterocycles. The van der Waals surface area contributed by atoms with Gasteiger partial charge in [0.2, 0.25) is 5.13 Å². The molecular weight excluding hydrogens is 246 g/mol. The van der Waals surface area contributed by atoms with E-state index in [0.29, 0.717) is 17.7 Å². The van der Waals surface area contributed by atoms with Gasteiger partial charge in [-0.3, -0.25) is 0 Å². The number of nitrogens with zero attached hydrogens (tertiary/aromatic N) is 2. The van der Waals surface area contributed by atoms with Crippen molar-refractivity contribution in [3.05, 3.63) is 34.8 Å². The largest absolute Gasteiger partial charge is 0.486 e. The van der Waals surface area contributed by atoms with E-state index < -0.39 is 0 Å². The predicted octanol–water partition coefficient (Wildman–Crippen LogP) is 3.21. The maximum atomic E-state index is 5.63. The Labute approximate surface area is 111 Å². The molecule has 96 valence electrons. The second kappa shape index (κ2) is 5.82. The van der Waals surface area contributed by atoms with Gasteiger partial charge >= 0.3 is 0 Å². The summed E-state index contributed by atoms with van der Waals surface area (Å²) in [6.07, 6.45) is 1.14. The second-order valence-corrected chi connectivity index (χ2v) is 5.29. The molecule has 1 aromatic heterocycles. The van der Waals surface area contributed by atoms with Crippen molar-refractivity contribution in [2.45, 2.75) is 32.8 Å². The number of aromatic nitrogens is 2. The second-order valence-electron chi connectivity index (χ2n) is 4.20. The van der Waals surface area contributed by atoms with Gasteiger partial charge in [-0.25, -0.2) is 0 Å². The average Bonchev–Trinajstić information content (AvgIpc) is 2.82. The Hall–Kier alpha value is -1.62. The van der Waals surface area contributed by atoms with Crippen LogP contribution in [0.2, 0.25) is 0 Å². The first-order chi connectivity index (χ1) is 8.69. The molecule has 1 aromatic carbocycles. The van der Waals surface area contributed by atoms with Gasteiger partial charge in [0.05, 0.1) is 0 Å². The Balaban J connectivity index is 1.94. The molecule has 2 N–H and O–H groups in total. The molecule has 2 aromatic rings. The van der Waals surface area contributed by atoms with E-state index in [2.05, 4.69) is 36.2 Å². The molecule has 0 saturated carbocycles. The summed E-state index contributed by atoms with van der Waals surface area (Å²) in [5, 5.41) is 8.92. The Morgan fingerprint density at radius 3 is 2.56 bits per heavy atom. The van der Waals surface area contributed by atoms with E-state index in [-0.39, 0.29) is 0 Å². The zero-order valence-electron chi connectivity index (χ0n) is 10.6. The molecule has 5 heteroatoms. The minimum Gasteiger partial charge on any atom is -0.486 e. The van der Waals surface area contributed by atoms with Crippen LogP contribution in [0.3, 0.4) is 0 Å². The Bertz CT molecular complexity index is 495. The molecule has 0 amide bonds. The van der Waals surface area contributed by atoms with Gasteiger partial charge in [0.1, 0.15) is 12.4 Å². The van der Waals surface area contributed by atoms with Crippen LogP contribution in [0.5, 0.6) is 5.75 Å². The molecular formula is C13H17N3OS. The standard InChI is InChI=1S/C13H17N3OS/c1-3-9(2)10-4-6-11(7-5-10)17-8-12-15-16-13(14)18-12/h4-7,9H,3,8H2,1-2H3,(H2,14,16)/t9-/m0/s1. The molecule has 2 rings (SSSR count). The zero-order chi connectivity index (χ0) is 13.0. The molecule has 0 fully saturated rings. The van der Waals surface area contributed by atoms with Gasteiger partial charge in [-0.15, -0.1) is 10.2 Å². The molecule has 0 saturated heterocycles. The fourth-order valence-electron chi connectivity index (χ4n) is 1.60. The van der Waals surface area contributed by atoms with Gasteiger partial charge in [0.25, 0.3) is 0 Å². The third-order valence-corrected chi connectivity index (χ3v) is 3.63. The summed E-state index contributed by atoms with van der Waals surface area (Å²) >= 11 is 1.35. The highest BCUT2D eigenvalue weighted by Crippen LogP contribution is 2.22. The van der Waals surface area contributed by atoms with E-state index in [1.807, 2.05) is 12.1 Å². The lowest BCUT2D eigenvalue weighted by Gasteiger charge is -2.10. The van der Waals surface area contributed by atoms with E-state index in [1.54, 1.807) is 0 Å². The van der Waals surface area contributed by atoms with Crippen molar-refractivity contribution in [2.75, 3.05) is 5.73 Å². The Morgan fingerprint density at radius 1 is 1.28 bits per heavy atom. The molecule has 0 aliphatic rings. The quantitative estimate of drug-likeness (QED) is 0.899. The molecule has 1 atom stereocenters. The van der Waals surface area contributed by atoms with Gasteiger partial charge in [0, 0.05) is 0 Å². The topological polar surface area (TPSA) is 61.0 Å². The van der Waals surface area contributed by atoms with Gasteiger partial charge < -0.3 is 10.5 Å². The van der Waals surface area contributed by atoms with Crippen molar-refractivity contribution < 1.29 is 4.74 Å². The van der Waals surface area contributed by atoms with E-state index in [9.17, 15) is 0 Å². The summed E-state index contributed by atoms with van der Waals surface area (Å²) in [4.78, 5) is 0. The number of ether oxygens (including phenoxy) is 1. The van der Waals surface area contributed by atoms with Crippen molar-refractivity contribution in [3.8, 4) is 5.75 Å². The highest BCUT2D eigenvalue weighted by atomic mass is 32.1. The number of benzene rings is 1. The summed E-state index contributed by atoms with van der Waals surface area (Å²) in [5.74, 6) is 1.43. The van der Waals surface area contributed by atoms with Crippen molar-refractivity contribution >= 4 is 16.5 Å². The van der Waals surface area contributed by atoms with Gasteiger partial charge in [-0.05, 0) is 30.0 Å². The maximum Gasteiger partial charge on any atom is 0.203 e. The summed E-state index contributed by atoms with van der Waals surface area (Å²) in [6, 6.07) is 8.20. The highest BCUT2D eigenvalue weighted by molar-refractivity contribution is 7.15. The lowest BCUT2D eigenvalue weighted by atomic mass is 9.99. The normalized spacial score (nSPS) is 12.3. The predicted molar refractivity (Wildman–Crippen MR) is 73.8 cm³/mol. The molecule has 4 nitrogen and oxygen atoms in total. The minimum absolute atomic E-state index is 0.414. The average molecular weight is 263 g/mol. The Kier molecular flexibility index (Phi) is 4.15. The molecule has 0 aliphatic heterocycles. The van der Waals surface area contributed by atoms with Crippen molar-refractivity contribution in [1.29, 1.82) is 0 Å². The zero-order valence-corrected chi connectivity index (χ0v) is 11.4. The third-order valence-electron chi connectivity index (χ3n) is 2.91. The van der Waals surface area contributed by atoms with Crippen molar-refractivity contribution in [1.82, 2.24) is 10.2 Å². The van der Waals surface area contributed by atoms with Crippen LogP contribution in [0.1, 0.15) is 36.8 Å². The number of hydrogen-bond donors (Lipinski definition) is 1. The first-order valence-corrected chi connectivity index (χ1v) is 6.81. The molecule has 0 spiro atoms. The highest BCUT2D eigenvalue weighted by Gasteiger charge is 2.04. The van der Waals surface area contributed by atoms with Gasteiger partial charge in [0.15, 0.2) is 5.01 Å². The molecule has 18 heavy (non-hydrogen) atoms. The number of rotatable bonds is 5. The minimum atomic E-state index is 0.414. The van der Waals surface area contributed by atoms with Crippen LogP contribution in [0.25, 0.3) is 0 Å². The summed E-state index contributed by atoms with van der Waals surface area (Å²) in [7, 11) is 0. The number of hydrogen-bond acceptors (Lipinski definition) is 5. The summed E-state index contributed by atoms with van der Waals surface area (Å²) < 4.78 is 5.63. The first kappa shape index (κ1) is 12.8. The van der Waals surface area contributed by atoms with Crippen molar-refractivity contribution in [2.24, 2.45) is 0 Å². The maximum absolute atomic E-state index is 5.63. The van der Waals surface area contributed by atoms with Crippen LogP contribution in [0.4, 0.5) is 5.13 Å². The van der Waals surface area contributed by atoms with Crippen LogP contribution in [0, 0.1) is 0 Å². The van der Waals surface area contributed by atoms with Crippen LogP contribution in [-0.4, -0.2) is 10.2 Å². The third kappa shape index (κ3) is 3.20. The van der Waals surface area contributed by atoms with E-state index in [1.165, 1.54) is 16.9 Å². The summed E-state index contributed by atoms with van der Waals surface area (Å²) in [5.41, 5.74) is 6.84. The lowest BCUT2D eigenvalue weighted by molar-refractivity contribution is 0.304. The fraction of sp³-hybridized carbons (Fsp3) is 0.385. The lowest BCUT2D eigenvalue weighted by Crippen LogP contribution is -1.96. The SMILES string of the molecule is CC[C@H](C)c1ccc(OCc2nnc(N)s2)cc1. The fourth-order valence-corrected chi connectivity index (χ4v) is 2.12. The number of nitrogens with two attached hydrogens (primary N) is 1. The van der Waals surface area contributed by atoms with Crippen LogP contribution < -0.4 is 10.5 Å². The van der Waals surface area contributed by atoms with E-state index in [4.69, 9.17) is 10.5 Å². The summed E-state index contributed by atoms with van der Waals surface area (Å²) in [6.45, 7) is 4.83. The van der Waals surface area contributed by atoms with E-state index in [0.717, 1.165) is 17.2 Å². The molecule has 0 radical (unpaired) electrons. The van der Waals surface area contributed by atoms with Crippen LogP contribution in [0.15, 0.2) is 24.3 Å². The smallest absolute Gasteiger partial charge is 0.203 e. The molecule has 0 unspecified atom stereocenters. The molecule has 0 bridgehead atoms. The first-order valence-electron chi connectivity index (χ1n) is 5.99.